The van der Waals surface area contributed by atoms with Gasteiger partial charge in [0.25, 0.3) is 5.91 Å². The third-order valence-electron chi connectivity index (χ3n) is 8.39. The molecule has 4 amide bonds. The Kier molecular flexibility index (Phi) is 11.4. The second kappa shape index (κ2) is 15.0. The molecule has 2 saturated heterocycles. The summed E-state index contributed by atoms with van der Waals surface area (Å²) in [6, 6.07) is 1.35. The lowest BCUT2D eigenvalue weighted by Gasteiger charge is -2.24. The van der Waals surface area contributed by atoms with Crippen LogP contribution in [0.4, 0.5) is 14.0 Å². The molecule has 0 spiro atoms. The monoisotopic (exact) mass is 632 g/mol. The van der Waals surface area contributed by atoms with Gasteiger partial charge < -0.3 is 25.2 Å². The highest BCUT2D eigenvalue weighted by Gasteiger charge is 2.54. The van der Waals surface area contributed by atoms with Gasteiger partial charge >= 0.3 is 24.1 Å². The van der Waals surface area contributed by atoms with E-state index in [9.17, 15) is 33.5 Å². The lowest BCUT2D eigenvalue weighted by Crippen LogP contribution is -2.58. The van der Waals surface area contributed by atoms with Gasteiger partial charge in [-0.2, -0.15) is 0 Å². The van der Waals surface area contributed by atoms with E-state index in [-0.39, 0.29) is 32.5 Å². The molecule has 4 unspecified atom stereocenters. The number of amides is 4. The van der Waals surface area contributed by atoms with Crippen molar-refractivity contribution in [3.63, 3.8) is 0 Å². The lowest BCUT2D eigenvalue weighted by molar-refractivity contribution is -0.143. The molecule has 13 heteroatoms. The number of alkyl carbamates (subject to hydrolysis) is 1. The summed E-state index contributed by atoms with van der Waals surface area (Å²) in [7, 11) is 0. The van der Waals surface area contributed by atoms with Crippen molar-refractivity contribution >= 4 is 30.0 Å². The largest absolute Gasteiger partial charge is 0.480 e. The number of fused-ring (bicyclic) bond motifs is 2. The molecule has 3 N–H and O–H groups in total. The molecule has 2 fully saturated rings. The molecular weight excluding hydrogens is 587 g/mol. The fourth-order valence-electron chi connectivity index (χ4n) is 6.12. The molecule has 3 aliphatic heterocycles. The number of carbonyl (C=O) groups excluding carboxylic acids is 4. The summed E-state index contributed by atoms with van der Waals surface area (Å²) in [5.74, 6) is -2.81. The highest BCUT2D eigenvalue weighted by molar-refractivity contribution is 5.95. The molecule has 1 radical (unpaired) electrons. The minimum Gasteiger partial charge on any atom is -0.480 e. The predicted molar refractivity (Wildman–Crippen MR) is 161 cm³/mol. The average Bonchev–Trinajstić information content (AvgIpc) is 3.58. The third-order valence-corrected chi connectivity index (χ3v) is 8.39. The maximum Gasteiger partial charge on any atom is 0.410 e. The van der Waals surface area contributed by atoms with Gasteiger partial charge in [0.15, 0.2) is 18.7 Å². The zero-order valence-electron chi connectivity index (χ0n) is 26.3. The average molecular weight is 633 g/mol. The van der Waals surface area contributed by atoms with Crippen molar-refractivity contribution in [3.8, 4) is 0 Å². The maximum absolute atomic E-state index is 14.3. The number of benzene rings is 1. The Morgan fingerprint density at radius 1 is 1.02 bits per heavy atom. The smallest absolute Gasteiger partial charge is 0.410 e. The number of nitrogens with zero attached hydrogens (tertiary/aromatic N) is 2. The van der Waals surface area contributed by atoms with Crippen LogP contribution in [0.2, 0.25) is 0 Å². The second-order valence-corrected chi connectivity index (χ2v) is 13.1. The Morgan fingerprint density at radius 3 is 2.33 bits per heavy atom. The zero-order valence-corrected chi connectivity index (χ0v) is 26.3. The van der Waals surface area contributed by atoms with E-state index < -0.39 is 65.6 Å². The molecule has 3 heterocycles. The van der Waals surface area contributed by atoms with Gasteiger partial charge in [-0.25, -0.2) is 23.6 Å². The van der Waals surface area contributed by atoms with Crippen LogP contribution in [0.3, 0.4) is 0 Å². The first kappa shape index (κ1) is 34.1. The summed E-state index contributed by atoms with van der Waals surface area (Å²) in [5, 5.41) is 15.1. The number of carboxylic acids is 1. The summed E-state index contributed by atoms with van der Waals surface area (Å²) in [5.41, 5.74) is 0.284. The van der Waals surface area contributed by atoms with E-state index in [1.165, 1.54) is 15.9 Å². The quantitative estimate of drug-likeness (QED) is 0.421. The van der Waals surface area contributed by atoms with Crippen LogP contribution in [0.5, 0.6) is 0 Å². The molecule has 1 aromatic carbocycles. The van der Waals surface area contributed by atoms with Crippen molar-refractivity contribution < 1.29 is 42.9 Å². The van der Waals surface area contributed by atoms with Gasteiger partial charge in [0.1, 0.15) is 17.5 Å². The van der Waals surface area contributed by atoms with Gasteiger partial charge in [0.05, 0.1) is 13.0 Å². The fraction of sp³-hybridized carbons (Fsp3) is 0.656. The molecular formula is C32H45FN4O8+. The summed E-state index contributed by atoms with van der Waals surface area (Å²) < 4.78 is 25.4. The van der Waals surface area contributed by atoms with Crippen LogP contribution in [0, 0.1) is 5.82 Å². The number of hydrogen-bond acceptors (Lipinski definition) is 7. The lowest BCUT2D eigenvalue weighted by atomic mass is 10.0. The maximum atomic E-state index is 14.3. The minimum absolute atomic E-state index is 0.0301. The second-order valence-electron chi connectivity index (χ2n) is 13.1. The number of halogens is 1. The van der Waals surface area contributed by atoms with E-state index >= 15 is 0 Å². The van der Waals surface area contributed by atoms with Crippen molar-refractivity contribution in [2.75, 3.05) is 6.54 Å². The molecule has 0 aliphatic carbocycles. The first-order valence-electron chi connectivity index (χ1n) is 15.9. The van der Waals surface area contributed by atoms with Crippen molar-refractivity contribution in [1.29, 1.82) is 0 Å². The predicted octanol–water partition coefficient (Wildman–Crippen LogP) is 4.07. The fourth-order valence-corrected chi connectivity index (χ4v) is 6.12. The number of nitrogens with one attached hydrogen (secondary N) is 2. The number of ether oxygens (including phenoxy) is 2. The van der Waals surface area contributed by atoms with Crippen LogP contribution in [0.25, 0.3) is 0 Å². The topological polar surface area (TPSA) is 157 Å². The van der Waals surface area contributed by atoms with Crippen LogP contribution in [0.1, 0.15) is 96.1 Å². The highest BCUT2D eigenvalue weighted by Crippen LogP contribution is 2.28. The van der Waals surface area contributed by atoms with Gasteiger partial charge in [-0.15, -0.1) is 0 Å². The van der Waals surface area contributed by atoms with E-state index in [0.29, 0.717) is 30.4 Å². The van der Waals surface area contributed by atoms with Crippen molar-refractivity contribution in [3.05, 3.63) is 35.1 Å². The molecule has 1 aromatic rings. The molecule has 0 aromatic heterocycles. The van der Waals surface area contributed by atoms with Gasteiger partial charge in [-0.05, 0) is 45.2 Å². The van der Waals surface area contributed by atoms with E-state index in [4.69, 9.17) is 9.47 Å². The molecule has 45 heavy (non-hydrogen) atoms. The Labute approximate surface area is 263 Å². The van der Waals surface area contributed by atoms with E-state index in [1.54, 1.807) is 32.9 Å². The summed E-state index contributed by atoms with van der Waals surface area (Å²) >= 11 is 0. The van der Waals surface area contributed by atoms with Crippen LogP contribution in [-0.2, 0) is 36.9 Å². The van der Waals surface area contributed by atoms with E-state index in [1.807, 2.05) is 0 Å². The Balaban J connectivity index is 1.54. The Hall–Kier alpha value is -3.74. The summed E-state index contributed by atoms with van der Waals surface area (Å²) in [4.78, 5) is 68.1. The van der Waals surface area contributed by atoms with Crippen LogP contribution in [-0.4, -0.2) is 76.4 Å². The third kappa shape index (κ3) is 9.38. The molecule has 3 aliphatic rings. The Bertz CT molecular complexity index is 1270. The van der Waals surface area contributed by atoms with Gasteiger partial charge in [0, 0.05) is 12.1 Å². The number of rotatable bonds is 3. The minimum atomic E-state index is -1.17. The molecule has 4 atom stereocenters. The van der Waals surface area contributed by atoms with Gasteiger partial charge in [-0.3, -0.25) is 9.69 Å². The van der Waals surface area contributed by atoms with Crippen molar-refractivity contribution in [2.24, 2.45) is 0 Å². The first-order chi connectivity index (χ1) is 21.3. The standard InChI is InChI=1S/C32H45FN4O8/c1-32(2,3)45-30(42)35-24-14-9-7-5-4-6-8-10-15-25(29(40)41)34-27(38)26-16-21(18-37(26)28(24)39)44-31(43)36-17-20-12-11-13-23(33)22(20)19-36/h11-13,21,24-26H,4-10,14-19H2,1-3H3,(H,34,38)(H,35,42)(H,40,41)/q+1. The molecule has 4 rings (SSSR count). The van der Waals surface area contributed by atoms with Gasteiger partial charge in [0.2, 0.25) is 6.04 Å². The first-order valence-corrected chi connectivity index (χ1v) is 15.9. The van der Waals surface area contributed by atoms with E-state index in [2.05, 4.69) is 10.6 Å². The zero-order chi connectivity index (χ0) is 32.7. The number of hydrogen-bond donors (Lipinski definition) is 3. The van der Waals surface area contributed by atoms with Crippen molar-refractivity contribution in [2.45, 2.75) is 128 Å². The molecule has 0 bridgehead atoms. The summed E-state index contributed by atoms with van der Waals surface area (Å²) in [6.07, 6.45) is 3.88. The van der Waals surface area contributed by atoms with Crippen LogP contribution in [0.15, 0.2) is 18.2 Å². The summed E-state index contributed by atoms with van der Waals surface area (Å²) in [6.45, 7) is 5.18. The molecule has 0 saturated carbocycles. The number of aliphatic carboxylic acids is 1. The molecule has 247 valence electrons. The highest BCUT2D eigenvalue weighted by atomic mass is 19.1. The molecule has 12 nitrogen and oxygen atoms in total. The number of carbonyl (C=O) groups is 5. The number of carboxylic acid groups (broad SMARTS) is 1. The SMILES string of the molecule is CC(C)(C)OC(=O)NC1CCCCCCCCCC(C(=O)O)NC(=O)C2CC(OC(=O)N3Cc4cccc(F)c4C3)C[N+]2C1=O. The van der Waals surface area contributed by atoms with Crippen LogP contribution >= 0.6 is 0 Å². The van der Waals surface area contributed by atoms with Crippen molar-refractivity contribution in [1.82, 2.24) is 20.4 Å². The van der Waals surface area contributed by atoms with Crippen LogP contribution < -0.4 is 15.5 Å². The van der Waals surface area contributed by atoms with Gasteiger partial charge in [-0.1, -0.05) is 62.0 Å². The Morgan fingerprint density at radius 2 is 1.69 bits per heavy atom. The normalized spacial score (nSPS) is 25.6. The van der Waals surface area contributed by atoms with E-state index in [0.717, 1.165) is 32.1 Å².